The van der Waals surface area contributed by atoms with Crippen LogP contribution in [0, 0.1) is 5.92 Å². The van der Waals surface area contributed by atoms with Crippen LogP contribution >= 0.6 is 11.3 Å². The van der Waals surface area contributed by atoms with Crippen molar-refractivity contribution in [1.82, 2.24) is 10.3 Å². The van der Waals surface area contributed by atoms with Gasteiger partial charge in [0.05, 0.1) is 21.1 Å². The fourth-order valence-electron chi connectivity index (χ4n) is 2.75. The first kappa shape index (κ1) is 14.2. The van der Waals surface area contributed by atoms with Crippen molar-refractivity contribution in [1.29, 1.82) is 0 Å². The Morgan fingerprint density at radius 1 is 1.33 bits per heavy atom. The molecule has 1 aromatic heterocycles. The molecule has 0 fully saturated rings. The van der Waals surface area contributed by atoms with Crippen LogP contribution in [0.5, 0.6) is 0 Å². The molecule has 2 aromatic rings. The number of hydrogen-bond donors (Lipinski definition) is 2. The molecule has 1 heterocycles. The Kier molecular flexibility index (Phi) is 4.31. The number of fused-ring (bicyclic) bond motifs is 1. The van der Waals surface area contributed by atoms with Gasteiger partial charge in [-0.25, -0.2) is 4.98 Å². The molecule has 2 atom stereocenters. The number of allylic oxidation sites excluding steroid dienone is 2. The molecular weight excluding hydrogens is 282 g/mol. The number of hydrogen-bond acceptors (Lipinski definition) is 4. The number of nitrogens with two attached hydrogens (primary N) is 1. The third kappa shape index (κ3) is 2.99. The van der Waals surface area contributed by atoms with Crippen LogP contribution in [0.25, 0.3) is 10.2 Å². The molecule has 0 radical (unpaired) electrons. The van der Waals surface area contributed by atoms with Crippen molar-refractivity contribution in [2.45, 2.75) is 18.8 Å². The lowest BCUT2D eigenvalue weighted by Gasteiger charge is -2.25. The van der Waals surface area contributed by atoms with Gasteiger partial charge in [-0.15, -0.1) is 11.3 Å². The summed E-state index contributed by atoms with van der Waals surface area (Å²) in [5.41, 5.74) is 6.49. The molecule has 1 aliphatic rings. The molecule has 21 heavy (non-hydrogen) atoms. The number of thiazole rings is 1. The molecule has 3 N–H and O–H groups in total. The number of nitrogens with zero attached hydrogens (tertiary/aromatic N) is 1. The third-order valence-electron chi connectivity index (χ3n) is 3.84. The van der Waals surface area contributed by atoms with Gasteiger partial charge in [0.25, 0.3) is 0 Å². The van der Waals surface area contributed by atoms with Gasteiger partial charge in [-0.05, 0) is 25.0 Å². The second-order valence-electron chi connectivity index (χ2n) is 5.26. The van der Waals surface area contributed by atoms with Crippen LogP contribution < -0.4 is 11.1 Å². The van der Waals surface area contributed by atoms with Gasteiger partial charge in [-0.2, -0.15) is 0 Å². The number of aromatic nitrogens is 1. The minimum atomic E-state index is -0.0397. The predicted molar refractivity (Wildman–Crippen MR) is 86.3 cm³/mol. The fourth-order valence-corrected chi connectivity index (χ4v) is 3.90. The molecule has 5 heteroatoms. The molecule has 0 spiro atoms. The summed E-state index contributed by atoms with van der Waals surface area (Å²) in [6.07, 6.45) is 5.90. The number of carbonyl (C=O) groups excluding carboxylic acids is 1. The topological polar surface area (TPSA) is 68.0 Å². The van der Waals surface area contributed by atoms with Gasteiger partial charge in [-0.3, -0.25) is 4.79 Å². The van der Waals surface area contributed by atoms with Crippen LogP contribution in [0.1, 0.15) is 23.8 Å². The maximum atomic E-state index is 12.3. The van der Waals surface area contributed by atoms with Crippen molar-refractivity contribution < 1.29 is 4.79 Å². The summed E-state index contributed by atoms with van der Waals surface area (Å²) in [6, 6.07) is 8.13. The lowest BCUT2D eigenvalue weighted by molar-refractivity contribution is -0.125. The van der Waals surface area contributed by atoms with E-state index >= 15 is 0 Å². The molecule has 3 rings (SSSR count). The van der Waals surface area contributed by atoms with E-state index < -0.39 is 0 Å². The number of para-hydroxylation sites is 1. The zero-order valence-electron chi connectivity index (χ0n) is 11.8. The van der Waals surface area contributed by atoms with Crippen LogP contribution in [0.4, 0.5) is 0 Å². The first-order chi connectivity index (χ1) is 10.3. The van der Waals surface area contributed by atoms with Crippen LogP contribution in [0.3, 0.4) is 0 Å². The predicted octanol–water partition coefficient (Wildman–Crippen LogP) is 2.42. The Labute approximate surface area is 128 Å². The van der Waals surface area contributed by atoms with Gasteiger partial charge in [-0.1, -0.05) is 24.3 Å². The summed E-state index contributed by atoms with van der Waals surface area (Å²) in [7, 11) is 0. The van der Waals surface area contributed by atoms with Crippen molar-refractivity contribution >= 4 is 27.5 Å². The van der Waals surface area contributed by atoms with Crippen LogP contribution in [-0.2, 0) is 4.79 Å². The van der Waals surface area contributed by atoms with Crippen molar-refractivity contribution in [3.63, 3.8) is 0 Å². The molecule has 1 amide bonds. The van der Waals surface area contributed by atoms with E-state index in [1.54, 1.807) is 11.3 Å². The van der Waals surface area contributed by atoms with Crippen LogP contribution in [0.2, 0.25) is 0 Å². The monoisotopic (exact) mass is 301 g/mol. The molecule has 0 saturated carbocycles. The zero-order valence-corrected chi connectivity index (χ0v) is 12.6. The lowest BCUT2D eigenvalue weighted by atomic mass is 9.82. The number of carbonyl (C=O) groups is 1. The molecule has 0 bridgehead atoms. The average Bonchev–Trinajstić information content (AvgIpc) is 2.96. The summed E-state index contributed by atoms with van der Waals surface area (Å²) in [6.45, 7) is 1.01. The fraction of sp³-hybridized carbons (Fsp3) is 0.375. The number of nitrogens with one attached hydrogen (secondary N) is 1. The first-order valence-corrected chi connectivity index (χ1v) is 8.09. The Morgan fingerprint density at radius 3 is 2.95 bits per heavy atom. The van der Waals surface area contributed by atoms with Crippen molar-refractivity contribution in [3.05, 3.63) is 41.4 Å². The van der Waals surface area contributed by atoms with E-state index in [1.807, 2.05) is 18.2 Å². The van der Waals surface area contributed by atoms with E-state index in [9.17, 15) is 4.79 Å². The second-order valence-corrected chi connectivity index (χ2v) is 6.32. The highest BCUT2D eigenvalue weighted by molar-refractivity contribution is 7.18. The lowest BCUT2D eigenvalue weighted by Crippen LogP contribution is -2.37. The zero-order chi connectivity index (χ0) is 14.7. The molecular formula is C16H19N3OS. The molecule has 1 aromatic carbocycles. The minimum Gasteiger partial charge on any atom is -0.355 e. The summed E-state index contributed by atoms with van der Waals surface area (Å²) in [5, 5.41) is 3.98. The normalized spacial score (nSPS) is 21.6. The Morgan fingerprint density at radius 2 is 2.14 bits per heavy atom. The third-order valence-corrected chi connectivity index (χ3v) is 5.01. The Bertz CT molecular complexity index is 631. The number of amides is 1. The molecule has 2 unspecified atom stereocenters. The quantitative estimate of drug-likeness (QED) is 0.852. The van der Waals surface area contributed by atoms with E-state index in [-0.39, 0.29) is 17.7 Å². The maximum absolute atomic E-state index is 12.3. The second kappa shape index (κ2) is 6.37. The van der Waals surface area contributed by atoms with Crippen molar-refractivity contribution in [2.24, 2.45) is 11.7 Å². The van der Waals surface area contributed by atoms with Crippen LogP contribution in [0.15, 0.2) is 36.4 Å². The molecule has 0 saturated heterocycles. The largest absolute Gasteiger partial charge is 0.355 e. The number of benzene rings is 1. The highest BCUT2D eigenvalue weighted by Crippen LogP contribution is 2.38. The summed E-state index contributed by atoms with van der Waals surface area (Å²) >= 11 is 1.70. The van der Waals surface area contributed by atoms with Gasteiger partial charge >= 0.3 is 0 Å². The van der Waals surface area contributed by atoms with Gasteiger partial charge in [0.15, 0.2) is 0 Å². The average molecular weight is 301 g/mol. The Hall–Kier alpha value is -1.72. The van der Waals surface area contributed by atoms with Crippen molar-refractivity contribution in [3.8, 4) is 0 Å². The van der Waals surface area contributed by atoms with E-state index in [0.29, 0.717) is 13.1 Å². The summed E-state index contributed by atoms with van der Waals surface area (Å²) < 4.78 is 1.18. The SMILES string of the molecule is NCCNC(=O)C1CC=CCC1c1nc2ccccc2s1. The van der Waals surface area contributed by atoms with E-state index in [1.165, 1.54) is 4.70 Å². The molecule has 1 aliphatic carbocycles. The van der Waals surface area contributed by atoms with Gasteiger partial charge < -0.3 is 11.1 Å². The van der Waals surface area contributed by atoms with E-state index in [4.69, 9.17) is 10.7 Å². The standard InChI is InChI=1S/C16H19N3OS/c17-9-10-18-15(20)11-5-1-2-6-12(11)16-19-13-7-3-4-8-14(13)21-16/h1-4,7-8,11-12H,5-6,9-10,17H2,(H,18,20). The van der Waals surface area contributed by atoms with E-state index in [2.05, 4.69) is 23.5 Å². The highest BCUT2D eigenvalue weighted by atomic mass is 32.1. The summed E-state index contributed by atoms with van der Waals surface area (Å²) in [4.78, 5) is 17.1. The highest BCUT2D eigenvalue weighted by Gasteiger charge is 2.31. The Balaban J connectivity index is 1.87. The minimum absolute atomic E-state index is 0.0397. The first-order valence-electron chi connectivity index (χ1n) is 7.28. The number of rotatable bonds is 4. The van der Waals surface area contributed by atoms with Gasteiger partial charge in [0, 0.05) is 19.0 Å². The smallest absolute Gasteiger partial charge is 0.224 e. The van der Waals surface area contributed by atoms with E-state index in [0.717, 1.165) is 23.4 Å². The summed E-state index contributed by atoms with van der Waals surface area (Å²) in [5.74, 6) is 0.223. The van der Waals surface area contributed by atoms with Gasteiger partial charge in [0.2, 0.25) is 5.91 Å². The maximum Gasteiger partial charge on any atom is 0.224 e. The van der Waals surface area contributed by atoms with Crippen molar-refractivity contribution in [2.75, 3.05) is 13.1 Å². The molecule has 4 nitrogen and oxygen atoms in total. The molecule has 0 aliphatic heterocycles. The molecule has 110 valence electrons. The van der Waals surface area contributed by atoms with Crippen LogP contribution in [-0.4, -0.2) is 24.0 Å². The van der Waals surface area contributed by atoms with Gasteiger partial charge in [0.1, 0.15) is 0 Å².